The van der Waals surface area contributed by atoms with E-state index in [0.29, 0.717) is 21.9 Å². The van der Waals surface area contributed by atoms with Gasteiger partial charge >= 0.3 is 0 Å². The third-order valence-corrected chi connectivity index (χ3v) is 4.84. The summed E-state index contributed by atoms with van der Waals surface area (Å²) in [6, 6.07) is 8.03. The Labute approximate surface area is 137 Å². The molecule has 1 aromatic carbocycles. The molecule has 1 fully saturated rings. The molecule has 0 radical (unpaired) electrons. The predicted octanol–water partition coefficient (Wildman–Crippen LogP) is 2.72. The predicted molar refractivity (Wildman–Crippen MR) is 95.4 cm³/mol. The van der Waals surface area contributed by atoms with Crippen LogP contribution in [0, 0.1) is 0 Å². The Morgan fingerprint density at radius 1 is 1.29 bits per heavy atom. The summed E-state index contributed by atoms with van der Waals surface area (Å²) in [4.78, 5) is 3.02. The van der Waals surface area contributed by atoms with Crippen molar-refractivity contribution in [1.29, 1.82) is 0 Å². The lowest BCUT2D eigenvalue weighted by Crippen LogP contribution is -2.42. The summed E-state index contributed by atoms with van der Waals surface area (Å²) in [6.07, 6.45) is 0.650. The number of benzene rings is 1. The van der Waals surface area contributed by atoms with Gasteiger partial charge in [0.25, 0.3) is 0 Å². The highest BCUT2D eigenvalue weighted by Crippen LogP contribution is 2.24. The molecule has 2 atom stereocenters. The first kappa shape index (κ1) is 16.6. The Hall–Kier alpha value is -0.780. The molecule has 1 aliphatic heterocycles. The minimum Gasteiger partial charge on any atom is -0.492 e. The first-order chi connectivity index (χ1) is 10.0. The van der Waals surface area contributed by atoms with E-state index in [1.54, 1.807) is 0 Å². The lowest BCUT2D eigenvalue weighted by atomic mass is 10.1. The minimum atomic E-state index is 0.523. The molecule has 116 valence electrons. The molecule has 1 aliphatic rings. The Morgan fingerprint density at radius 2 is 1.90 bits per heavy atom. The first-order valence-electron chi connectivity index (χ1n) is 7.41. The lowest BCUT2D eigenvalue weighted by Gasteiger charge is -2.34. The summed E-state index contributed by atoms with van der Waals surface area (Å²) in [7, 11) is 0. The molecule has 0 amide bonds. The summed E-state index contributed by atoms with van der Waals surface area (Å²) in [5, 5.41) is 1.43. The van der Waals surface area contributed by atoms with Crippen LogP contribution < -0.4 is 10.5 Å². The molecule has 1 heterocycles. The van der Waals surface area contributed by atoms with Crippen LogP contribution in [0.1, 0.15) is 19.4 Å². The van der Waals surface area contributed by atoms with Crippen LogP contribution >= 0.6 is 24.0 Å². The van der Waals surface area contributed by atoms with Crippen molar-refractivity contribution in [3.63, 3.8) is 0 Å². The zero-order valence-corrected chi connectivity index (χ0v) is 14.4. The van der Waals surface area contributed by atoms with Gasteiger partial charge in [-0.3, -0.25) is 4.90 Å². The second-order valence-corrected chi connectivity index (χ2v) is 8.06. The van der Waals surface area contributed by atoms with Gasteiger partial charge in [-0.1, -0.05) is 38.2 Å². The largest absolute Gasteiger partial charge is 0.492 e. The highest BCUT2D eigenvalue weighted by molar-refractivity contribution is 8.00. The first-order valence-corrected chi connectivity index (χ1v) is 8.76. The van der Waals surface area contributed by atoms with E-state index in [9.17, 15) is 0 Å². The minimum absolute atomic E-state index is 0.523. The topological polar surface area (TPSA) is 38.5 Å². The maximum absolute atomic E-state index is 5.83. The molecule has 0 spiro atoms. The van der Waals surface area contributed by atoms with Crippen molar-refractivity contribution in [2.75, 3.05) is 26.2 Å². The van der Waals surface area contributed by atoms with Crippen molar-refractivity contribution in [1.82, 2.24) is 4.90 Å². The van der Waals surface area contributed by atoms with E-state index in [0.717, 1.165) is 37.6 Å². The Balaban J connectivity index is 1.74. The van der Waals surface area contributed by atoms with Gasteiger partial charge in [0.2, 0.25) is 0 Å². The van der Waals surface area contributed by atoms with Crippen LogP contribution in [0.3, 0.4) is 0 Å². The Morgan fingerprint density at radius 3 is 2.48 bits per heavy atom. The molecular weight excluding hydrogens is 300 g/mol. The van der Waals surface area contributed by atoms with Gasteiger partial charge in [0.15, 0.2) is 0 Å². The summed E-state index contributed by atoms with van der Waals surface area (Å²) < 4.78 is 5.83. The second-order valence-electron chi connectivity index (χ2n) is 5.65. The maximum Gasteiger partial charge on any atom is 0.119 e. The fourth-order valence-corrected chi connectivity index (χ4v) is 4.22. The number of hydrogen-bond acceptors (Lipinski definition) is 4. The van der Waals surface area contributed by atoms with Gasteiger partial charge in [-0.25, -0.2) is 0 Å². The maximum atomic E-state index is 5.83. The third-order valence-electron chi connectivity index (χ3n) is 3.47. The van der Waals surface area contributed by atoms with Crippen molar-refractivity contribution in [3.8, 4) is 5.75 Å². The zero-order valence-electron chi connectivity index (χ0n) is 12.7. The third kappa shape index (κ3) is 5.85. The number of nitrogens with two attached hydrogens (primary N) is 1. The van der Waals surface area contributed by atoms with Crippen LogP contribution in [0.5, 0.6) is 5.75 Å². The monoisotopic (exact) mass is 324 g/mol. The summed E-state index contributed by atoms with van der Waals surface area (Å²) in [6.45, 7) is 8.64. The number of thiocarbonyl (C=S) groups is 1. The van der Waals surface area contributed by atoms with E-state index in [2.05, 4.69) is 30.5 Å². The van der Waals surface area contributed by atoms with E-state index in [1.807, 2.05) is 24.3 Å². The van der Waals surface area contributed by atoms with Crippen LogP contribution in [0.2, 0.25) is 0 Å². The van der Waals surface area contributed by atoms with Crippen molar-refractivity contribution >= 4 is 29.0 Å². The quantitative estimate of drug-likeness (QED) is 0.815. The van der Waals surface area contributed by atoms with Crippen LogP contribution in [-0.4, -0.2) is 46.6 Å². The molecule has 5 heteroatoms. The van der Waals surface area contributed by atoms with Gasteiger partial charge in [-0.15, -0.1) is 0 Å². The molecule has 2 N–H and O–H groups in total. The van der Waals surface area contributed by atoms with E-state index < -0.39 is 0 Å². The summed E-state index contributed by atoms with van der Waals surface area (Å²) in [5.74, 6) is 0.911. The van der Waals surface area contributed by atoms with Crippen LogP contribution in [0.15, 0.2) is 24.3 Å². The standard InChI is InChI=1S/C16H24N2OS2/c1-12-10-18(11-13(2)21-12)7-8-19-15-5-3-14(4-6-15)9-16(17)20/h3-6,12-13H,7-11H2,1-2H3,(H2,17,20). The average molecular weight is 325 g/mol. The number of nitrogens with zero attached hydrogens (tertiary/aromatic N) is 1. The van der Waals surface area contributed by atoms with Gasteiger partial charge in [0, 0.05) is 36.6 Å². The van der Waals surface area contributed by atoms with Gasteiger partial charge in [-0.05, 0) is 17.7 Å². The summed E-state index contributed by atoms with van der Waals surface area (Å²) in [5.41, 5.74) is 6.67. The lowest BCUT2D eigenvalue weighted by molar-refractivity contribution is 0.207. The molecule has 0 saturated carbocycles. The molecule has 21 heavy (non-hydrogen) atoms. The Bertz CT molecular complexity index is 454. The van der Waals surface area contributed by atoms with E-state index >= 15 is 0 Å². The number of thioether (sulfide) groups is 1. The molecule has 2 unspecified atom stereocenters. The van der Waals surface area contributed by atoms with Gasteiger partial charge in [0.1, 0.15) is 12.4 Å². The molecule has 0 aromatic heterocycles. The molecule has 2 rings (SSSR count). The Kier molecular flexibility index (Phi) is 6.33. The molecule has 0 bridgehead atoms. The zero-order chi connectivity index (χ0) is 15.2. The van der Waals surface area contributed by atoms with Crippen molar-refractivity contribution in [2.45, 2.75) is 30.8 Å². The molecule has 3 nitrogen and oxygen atoms in total. The fourth-order valence-electron chi connectivity index (χ4n) is 2.66. The normalized spacial score (nSPS) is 23.0. The van der Waals surface area contributed by atoms with Gasteiger partial charge in [-0.2, -0.15) is 11.8 Å². The van der Waals surface area contributed by atoms with Crippen molar-refractivity contribution in [2.24, 2.45) is 5.73 Å². The summed E-state index contributed by atoms with van der Waals surface area (Å²) >= 11 is 6.99. The van der Waals surface area contributed by atoms with E-state index in [4.69, 9.17) is 22.7 Å². The second kappa shape index (κ2) is 8.01. The van der Waals surface area contributed by atoms with Crippen LogP contribution in [0.25, 0.3) is 0 Å². The molecule has 0 aliphatic carbocycles. The SMILES string of the molecule is CC1CN(CCOc2ccc(CC(N)=S)cc2)CC(C)S1. The van der Waals surface area contributed by atoms with Crippen molar-refractivity contribution < 1.29 is 4.74 Å². The van der Waals surface area contributed by atoms with E-state index in [-0.39, 0.29) is 0 Å². The fraction of sp³-hybridized carbons (Fsp3) is 0.562. The smallest absolute Gasteiger partial charge is 0.119 e. The van der Waals surface area contributed by atoms with Gasteiger partial charge < -0.3 is 10.5 Å². The molecule has 1 aromatic rings. The number of rotatable bonds is 6. The molecule has 1 saturated heterocycles. The van der Waals surface area contributed by atoms with Crippen LogP contribution in [-0.2, 0) is 6.42 Å². The average Bonchev–Trinajstić information content (AvgIpc) is 2.39. The molecular formula is C16H24N2OS2. The highest BCUT2D eigenvalue weighted by Gasteiger charge is 2.21. The highest BCUT2D eigenvalue weighted by atomic mass is 32.2. The van der Waals surface area contributed by atoms with E-state index in [1.165, 1.54) is 0 Å². The number of hydrogen-bond donors (Lipinski definition) is 1. The van der Waals surface area contributed by atoms with Gasteiger partial charge in [0.05, 0.1) is 4.99 Å². The number of ether oxygens (including phenoxy) is 1. The van der Waals surface area contributed by atoms with Crippen molar-refractivity contribution in [3.05, 3.63) is 29.8 Å². The van der Waals surface area contributed by atoms with Crippen LogP contribution in [0.4, 0.5) is 0 Å².